The van der Waals surface area contributed by atoms with Crippen LogP contribution in [-0.4, -0.2) is 128 Å². The number of nitrogens with zero attached hydrogens (tertiary/aromatic N) is 5. The Hall–Kier alpha value is -5.15. The van der Waals surface area contributed by atoms with Crippen LogP contribution in [0.25, 0.3) is 10.8 Å². The van der Waals surface area contributed by atoms with E-state index in [4.69, 9.17) is 4.55 Å². The first-order valence-electron chi connectivity index (χ1n) is 18.0. The number of phenolic OH excluding ortho intramolecular Hbond substituents is 1. The van der Waals surface area contributed by atoms with Crippen LogP contribution in [0.1, 0.15) is 10.4 Å². The number of phenols is 1. The molecule has 1 heterocycles. The molecule has 0 spiro atoms. The van der Waals surface area contributed by atoms with E-state index in [0.29, 0.717) is 18.2 Å². The maximum atomic E-state index is 15.0. The smallest absolute Gasteiger partial charge is 0.397 e. The van der Waals surface area contributed by atoms with Gasteiger partial charge in [-0.15, -0.1) is 10.2 Å². The first-order chi connectivity index (χ1) is 31.4. The number of rotatable bonds is 20. The molecule has 1 unspecified atom stereocenters. The fraction of sp³-hybridized carbons (Fsp3) is 0.182. The van der Waals surface area contributed by atoms with Gasteiger partial charge in [0.2, 0.25) is 17.8 Å². The minimum atomic E-state index is -5.15. The third kappa shape index (κ3) is 14.7. The van der Waals surface area contributed by atoms with Gasteiger partial charge in [0, 0.05) is 34.2 Å². The molecule has 1 aromatic heterocycles. The zero-order chi connectivity index (χ0) is 50.6. The van der Waals surface area contributed by atoms with Crippen molar-refractivity contribution in [3.8, 4) is 5.75 Å². The number of nitrogens with one attached hydrogen (secondary N) is 4. The molecule has 4 aromatic carbocycles. The number of aromatic hydroxyl groups is 1. The molecule has 0 bridgehead atoms. The molecule has 0 aliphatic carbocycles. The minimum absolute atomic E-state index is 0.0301. The van der Waals surface area contributed by atoms with Gasteiger partial charge >= 0.3 is 16.5 Å². The molecule has 0 radical (unpaired) electrons. The van der Waals surface area contributed by atoms with E-state index in [-0.39, 0.29) is 22.3 Å². The number of hydrogen-bond acceptors (Lipinski definition) is 22. The Morgan fingerprint density at radius 1 is 0.779 bits per heavy atom. The number of sulfone groups is 1. The summed E-state index contributed by atoms with van der Waals surface area (Å²) in [5.41, 5.74) is -2.45. The van der Waals surface area contributed by atoms with Gasteiger partial charge in [0.25, 0.3) is 26.1 Å². The van der Waals surface area contributed by atoms with Crippen LogP contribution in [0, 0.1) is 6.08 Å². The Morgan fingerprint density at radius 2 is 1.46 bits per heavy atom. The van der Waals surface area contributed by atoms with Crippen LogP contribution in [0.5, 0.6) is 5.75 Å². The second-order valence-electron chi connectivity index (χ2n) is 13.3. The average Bonchev–Trinajstić information content (AvgIpc) is 3.20. The Kier molecular flexibility index (Phi) is 16.8. The van der Waals surface area contributed by atoms with Crippen LogP contribution in [0.4, 0.5) is 44.7 Å². The van der Waals surface area contributed by atoms with E-state index in [9.17, 15) is 75.5 Å². The standard InChI is InChI=1S/C33H32Br2FN9O18S5/c34-15-21(35)30(48)38-19-4-5-24(66(54,55)56)22(13-19)44-45-27-25(67(57,58)59)12-17-11-20(65(51,52)53)14-23(26(17)28(27)46)40-33-42-31(36)41-32(43-33)39-18-3-1-2-16(10-18)29(47)37-6-8-64(49,50)9-7-63-68(60,61)62/h1-5,10-14,21,46,57-59H,6-9,15H2,(H,37,47)(H,38,48)(H,51,52,53)(H,54,55,56)(H,60,61,62)(H2,39,40,41,42,43). The number of hydrogen-bond donors (Lipinski definition) is 11. The Bertz CT molecular complexity index is 3300. The highest BCUT2D eigenvalue weighted by atomic mass is 79.9. The zero-order valence-electron chi connectivity index (χ0n) is 33.4. The fourth-order valence-corrected chi connectivity index (χ4v) is 9.13. The number of fused-ring (bicyclic) bond motifs is 1. The van der Waals surface area contributed by atoms with Crippen molar-refractivity contribution in [2.24, 2.45) is 10.2 Å². The highest BCUT2D eigenvalue weighted by Crippen LogP contribution is 2.55. The fourth-order valence-electron chi connectivity index (χ4n) is 5.54. The van der Waals surface area contributed by atoms with Crippen LogP contribution in [-0.2, 0) is 49.5 Å². The number of aromatic nitrogens is 3. The summed E-state index contributed by atoms with van der Waals surface area (Å²) in [5.74, 6) is -5.34. The lowest BCUT2D eigenvalue weighted by molar-refractivity contribution is -0.115. The van der Waals surface area contributed by atoms with Crippen LogP contribution < -0.4 is 21.3 Å². The lowest BCUT2D eigenvalue weighted by atomic mass is 10.1. The van der Waals surface area contributed by atoms with Gasteiger partial charge in [0.1, 0.15) is 32.0 Å². The van der Waals surface area contributed by atoms with Gasteiger partial charge in [-0.1, -0.05) is 37.9 Å². The Morgan fingerprint density at radius 3 is 2.07 bits per heavy atom. The van der Waals surface area contributed by atoms with E-state index in [2.05, 4.69) is 82.5 Å². The summed E-state index contributed by atoms with van der Waals surface area (Å²) in [5, 5.41) is 28.0. The van der Waals surface area contributed by atoms with Crippen LogP contribution >= 0.6 is 42.7 Å². The van der Waals surface area contributed by atoms with Gasteiger partial charge in [-0.05, 0) is 60.0 Å². The molecule has 0 fully saturated rings. The normalized spacial score (nSPS) is 13.3. The van der Waals surface area contributed by atoms with Crippen molar-refractivity contribution in [1.29, 1.82) is 0 Å². The summed E-state index contributed by atoms with van der Waals surface area (Å²) in [6, 6.07) is 10.1. The van der Waals surface area contributed by atoms with Crippen LogP contribution in [0.15, 0.2) is 85.6 Å². The largest absolute Gasteiger partial charge is 0.505 e. The van der Waals surface area contributed by atoms with Crippen molar-refractivity contribution in [2.45, 2.75) is 19.5 Å². The molecular weight excluding hydrogens is 1150 g/mol. The van der Waals surface area contributed by atoms with Crippen molar-refractivity contribution in [3.63, 3.8) is 0 Å². The molecule has 27 nitrogen and oxygen atoms in total. The first-order valence-corrected chi connectivity index (χ1v) is 27.6. The lowest BCUT2D eigenvalue weighted by Gasteiger charge is -2.23. The molecule has 68 heavy (non-hydrogen) atoms. The average molecular weight is 1180 g/mol. The van der Waals surface area contributed by atoms with E-state index < -0.39 is 159 Å². The molecule has 0 aliphatic heterocycles. The maximum absolute atomic E-state index is 15.0. The molecule has 11 N–H and O–H groups in total. The zero-order valence-corrected chi connectivity index (χ0v) is 40.7. The molecule has 0 saturated carbocycles. The number of halogens is 3. The maximum Gasteiger partial charge on any atom is 0.397 e. The molecule has 0 aliphatic rings. The van der Waals surface area contributed by atoms with E-state index in [1.165, 1.54) is 24.3 Å². The Balaban J connectivity index is 1.51. The van der Waals surface area contributed by atoms with E-state index in [0.717, 1.165) is 18.2 Å². The number of anilines is 5. The third-order valence-corrected chi connectivity index (χ3v) is 15.4. The summed E-state index contributed by atoms with van der Waals surface area (Å²) in [6.07, 6.45) is -1.49. The van der Waals surface area contributed by atoms with Crippen molar-refractivity contribution < 1.29 is 84.3 Å². The predicted octanol–water partition coefficient (Wildman–Crippen LogP) is 4.91. The SMILES string of the molecule is O=C(NCCS(=O)(=O)CCOS(=O)(=O)O)c1cccc(Nc2nc(F)nc(Nc3cc(S(=O)(=O)O)cc4cc(S(O)(O)O)c(N=Nc5cc(NC(=O)C(Br)CBr)ccc5S(=O)(=O)O)c(O)c34)n2)c1. The van der Waals surface area contributed by atoms with E-state index in [1.807, 2.05) is 0 Å². The van der Waals surface area contributed by atoms with Gasteiger partial charge in [-0.25, -0.2) is 12.6 Å². The van der Waals surface area contributed by atoms with Crippen molar-refractivity contribution in [3.05, 3.63) is 72.3 Å². The van der Waals surface area contributed by atoms with Gasteiger partial charge in [0.05, 0.1) is 33.6 Å². The Labute approximate surface area is 401 Å². The summed E-state index contributed by atoms with van der Waals surface area (Å²) in [7, 11) is -24.0. The van der Waals surface area contributed by atoms with Gasteiger partial charge in [-0.3, -0.25) is 23.2 Å². The third-order valence-electron chi connectivity index (χ3n) is 8.46. The molecule has 368 valence electrons. The molecular formula is C33H32Br2FN9O18S5. The van der Waals surface area contributed by atoms with Crippen molar-refractivity contribution >= 4 is 146 Å². The second-order valence-corrected chi connectivity index (χ2v) is 22.8. The summed E-state index contributed by atoms with van der Waals surface area (Å²) >= 11 is 6.21. The molecule has 0 saturated heterocycles. The topological polar surface area (TPSA) is 433 Å². The van der Waals surface area contributed by atoms with Crippen molar-refractivity contribution in [1.82, 2.24) is 20.3 Å². The minimum Gasteiger partial charge on any atom is -0.505 e. The number of carbonyl (C=O) groups is 2. The van der Waals surface area contributed by atoms with Gasteiger partial charge < -0.3 is 40.0 Å². The summed E-state index contributed by atoms with van der Waals surface area (Å²) in [6.45, 7) is -1.30. The molecule has 2 amide bonds. The predicted molar refractivity (Wildman–Crippen MR) is 246 cm³/mol. The lowest BCUT2D eigenvalue weighted by Crippen LogP contribution is -2.30. The molecule has 1 atom stereocenters. The first kappa shape index (κ1) is 53.8. The monoisotopic (exact) mass is 1180 g/mol. The van der Waals surface area contributed by atoms with Gasteiger partial charge in [0.15, 0.2) is 15.6 Å². The number of carbonyl (C=O) groups excluding carboxylic acids is 2. The highest BCUT2D eigenvalue weighted by molar-refractivity contribution is 9.12. The van der Waals surface area contributed by atoms with E-state index >= 15 is 0 Å². The molecule has 35 heteroatoms. The van der Waals surface area contributed by atoms with E-state index in [1.54, 1.807) is 0 Å². The summed E-state index contributed by atoms with van der Waals surface area (Å²) in [4.78, 5) is 32.6. The number of azo groups is 1. The van der Waals surface area contributed by atoms with Gasteiger partial charge in [-0.2, -0.15) is 44.6 Å². The molecule has 5 rings (SSSR count). The summed E-state index contributed by atoms with van der Waals surface area (Å²) < 4.78 is 173. The molecule has 5 aromatic rings. The van der Waals surface area contributed by atoms with Crippen molar-refractivity contribution in [2.75, 3.05) is 45.9 Å². The number of alkyl halides is 2. The highest BCUT2D eigenvalue weighted by Gasteiger charge is 2.29. The quantitative estimate of drug-likeness (QED) is 0.0280. The second kappa shape index (κ2) is 21.2. The number of benzene rings is 4. The van der Waals surface area contributed by atoms with Crippen LogP contribution in [0.3, 0.4) is 0 Å². The number of amides is 2. The van der Waals surface area contributed by atoms with Crippen LogP contribution in [0.2, 0.25) is 0 Å².